The fourth-order valence-corrected chi connectivity index (χ4v) is 2.75. The first-order valence-corrected chi connectivity index (χ1v) is 8.23. The summed E-state index contributed by atoms with van der Waals surface area (Å²) >= 11 is 0. The molecule has 1 aliphatic rings. The van der Waals surface area contributed by atoms with Gasteiger partial charge in [0, 0.05) is 17.0 Å². The number of fused-ring (bicyclic) bond motifs is 1. The van der Waals surface area contributed by atoms with Crippen molar-refractivity contribution >= 4 is 11.9 Å². The van der Waals surface area contributed by atoms with E-state index in [2.05, 4.69) is 85.2 Å². The molecule has 0 N–H and O–H groups in total. The predicted molar refractivity (Wildman–Crippen MR) is 94.8 cm³/mol. The van der Waals surface area contributed by atoms with Gasteiger partial charge in [-0.25, -0.2) is 0 Å². The van der Waals surface area contributed by atoms with E-state index in [1.54, 1.807) is 0 Å². The third-order valence-electron chi connectivity index (χ3n) is 3.94. The quantitative estimate of drug-likeness (QED) is 0.585. The van der Waals surface area contributed by atoms with Crippen LogP contribution in [0.2, 0.25) is 0 Å². The van der Waals surface area contributed by atoms with Crippen molar-refractivity contribution in [3.8, 4) is 5.75 Å². The molecule has 22 heavy (non-hydrogen) atoms. The van der Waals surface area contributed by atoms with Gasteiger partial charge in [0.25, 0.3) is 12.4 Å². The van der Waals surface area contributed by atoms with E-state index < -0.39 is 0 Å². The van der Waals surface area contributed by atoms with Crippen LogP contribution in [0.4, 0.5) is 5.69 Å². The van der Waals surface area contributed by atoms with Gasteiger partial charge in [-0.3, -0.25) is 0 Å². The van der Waals surface area contributed by atoms with Crippen molar-refractivity contribution in [2.45, 2.75) is 73.1 Å². The molecule has 0 aliphatic carbocycles. The summed E-state index contributed by atoms with van der Waals surface area (Å²) in [5, 5.41) is 0. The van der Waals surface area contributed by atoms with Gasteiger partial charge in [0.05, 0.1) is 0 Å². The fraction of sp³-hybridized carbons (Fsp3) is 0.650. The van der Waals surface area contributed by atoms with Crippen molar-refractivity contribution < 1.29 is 9.31 Å². The van der Waals surface area contributed by atoms with Crippen LogP contribution in [0.15, 0.2) is 12.1 Å². The molecule has 0 spiro atoms. The molecule has 0 amide bonds. The van der Waals surface area contributed by atoms with Crippen molar-refractivity contribution in [1.82, 2.24) is 0 Å². The van der Waals surface area contributed by atoms with E-state index in [1.165, 1.54) is 16.8 Å². The molecule has 122 valence electrons. The van der Waals surface area contributed by atoms with Gasteiger partial charge in [-0.2, -0.15) is 4.58 Å². The number of rotatable bonds is 0. The fourth-order valence-electron chi connectivity index (χ4n) is 2.75. The predicted octanol–water partition coefficient (Wildman–Crippen LogP) is 5.39. The second kappa shape index (κ2) is 5.11. The van der Waals surface area contributed by atoms with Crippen LogP contribution in [-0.2, 0) is 10.8 Å². The highest BCUT2D eigenvalue weighted by molar-refractivity contribution is 5.65. The van der Waals surface area contributed by atoms with E-state index in [1.807, 2.05) is 0 Å². The summed E-state index contributed by atoms with van der Waals surface area (Å²) < 4.78 is 8.34. The molecule has 0 aromatic heterocycles. The minimum absolute atomic E-state index is 0.0725. The van der Waals surface area contributed by atoms with Crippen molar-refractivity contribution in [3.05, 3.63) is 23.3 Å². The maximum atomic E-state index is 6.08. The summed E-state index contributed by atoms with van der Waals surface area (Å²) in [5.74, 6) is 1.06. The Morgan fingerprint density at radius 3 is 1.95 bits per heavy atom. The minimum Gasteiger partial charge on any atom is -0.429 e. The lowest BCUT2D eigenvalue weighted by molar-refractivity contribution is -0.456. The van der Waals surface area contributed by atoms with Crippen LogP contribution in [0.3, 0.4) is 0 Å². The first-order valence-electron chi connectivity index (χ1n) is 8.23. The van der Waals surface area contributed by atoms with E-state index in [4.69, 9.17) is 4.74 Å². The monoisotopic (exact) mass is 302 g/mol. The molecule has 2 rings (SSSR count). The third kappa shape index (κ3) is 3.53. The molecule has 0 radical (unpaired) electrons. The van der Waals surface area contributed by atoms with Crippen LogP contribution in [-0.4, -0.2) is 17.5 Å². The van der Waals surface area contributed by atoms with Crippen LogP contribution in [0.1, 0.15) is 73.4 Å². The third-order valence-corrected chi connectivity index (χ3v) is 3.94. The first kappa shape index (κ1) is 17.1. The smallest absolute Gasteiger partial charge is 0.292 e. The summed E-state index contributed by atoms with van der Waals surface area (Å²) in [4.78, 5) is 0. The topological polar surface area (TPSA) is 12.2 Å². The van der Waals surface area contributed by atoms with Gasteiger partial charge in [-0.15, -0.1) is 0 Å². The maximum Gasteiger partial charge on any atom is 0.292 e. The Kier molecular flexibility index (Phi) is 3.96. The van der Waals surface area contributed by atoms with Gasteiger partial charge in [0.1, 0.15) is 0 Å². The second-order valence-corrected chi connectivity index (χ2v) is 9.61. The number of ether oxygens (including phenoxy) is 1. The van der Waals surface area contributed by atoms with Gasteiger partial charge in [-0.05, 0) is 16.4 Å². The average molecular weight is 302 g/mol. The molecule has 1 aromatic rings. The highest BCUT2D eigenvalue weighted by Gasteiger charge is 2.35. The molecule has 1 heterocycles. The second-order valence-electron chi connectivity index (χ2n) is 9.61. The summed E-state index contributed by atoms with van der Waals surface area (Å²) in [6.07, 6.45) is 2.28. The molecule has 2 heteroatoms. The lowest BCUT2D eigenvalue weighted by Crippen LogP contribution is -2.18. The summed E-state index contributed by atoms with van der Waals surface area (Å²) in [6, 6.07) is 4.64. The minimum atomic E-state index is 0.0725. The lowest BCUT2D eigenvalue weighted by atomic mass is 9.79. The Bertz CT molecular complexity index is 604. The number of nitrogens with zero attached hydrogens (tertiary/aromatic N) is 1. The Hall–Kier alpha value is -1.31. The van der Waals surface area contributed by atoms with E-state index in [0.717, 1.165) is 5.75 Å². The lowest BCUT2D eigenvalue weighted by Gasteiger charge is -2.25. The summed E-state index contributed by atoms with van der Waals surface area (Å²) in [7, 11) is 0. The molecule has 0 atom stereocenters. The molecular formula is C20H32NO+. The summed E-state index contributed by atoms with van der Waals surface area (Å²) in [6.45, 7) is 20.9. The molecular weight excluding hydrogens is 270 g/mol. The largest absolute Gasteiger partial charge is 0.429 e. The van der Waals surface area contributed by atoms with E-state index in [-0.39, 0.29) is 16.2 Å². The first-order chi connectivity index (χ1) is 9.79. The zero-order chi connectivity index (χ0) is 16.9. The Morgan fingerprint density at radius 2 is 1.50 bits per heavy atom. The molecule has 1 aliphatic heterocycles. The van der Waals surface area contributed by atoms with Crippen LogP contribution in [0.5, 0.6) is 5.75 Å². The number of hydrogen-bond acceptors (Lipinski definition) is 1. The number of benzene rings is 1. The van der Waals surface area contributed by atoms with Crippen molar-refractivity contribution in [3.63, 3.8) is 0 Å². The van der Waals surface area contributed by atoms with Gasteiger partial charge < -0.3 is 4.74 Å². The van der Waals surface area contributed by atoms with Crippen LogP contribution in [0.25, 0.3) is 0 Å². The zero-order valence-corrected chi connectivity index (χ0v) is 15.8. The Balaban J connectivity index is 2.70. The molecule has 0 bridgehead atoms. The highest BCUT2D eigenvalue weighted by atomic mass is 16.5. The molecule has 0 fully saturated rings. The van der Waals surface area contributed by atoms with Gasteiger partial charge >= 0.3 is 0 Å². The van der Waals surface area contributed by atoms with Gasteiger partial charge in [0.15, 0.2) is 6.21 Å². The highest BCUT2D eigenvalue weighted by Crippen LogP contribution is 2.44. The van der Waals surface area contributed by atoms with Crippen molar-refractivity contribution in [2.75, 3.05) is 6.73 Å². The van der Waals surface area contributed by atoms with Crippen molar-refractivity contribution in [2.24, 2.45) is 5.41 Å². The normalized spacial score (nSPS) is 17.6. The van der Waals surface area contributed by atoms with Crippen LogP contribution >= 0.6 is 0 Å². The van der Waals surface area contributed by atoms with Gasteiger partial charge in [-0.1, -0.05) is 68.4 Å². The Labute approximate surface area is 136 Å². The molecule has 0 unspecified atom stereocenters. The average Bonchev–Trinajstić information content (AvgIpc) is 2.66. The molecule has 2 nitrogen and oxygen atoms in total. The van der Waals surface area contributed by atoms with E-state index in [0.29, 0.717) is 6.73 Å². The molecule has 0 saturated carbocycles. The van der Waals surface area contributed by atoms with Crippen LogP contribution < -0.4 is 4.74 Å². The summed E-state index contributed by atoms with van der Waals surface area (Å²) in [5.41, 5.74) is 4.22. The maximum absolute atomic E-state index is 6.08. The van der Waals surface area contributed by atoms with Crippen molar-refractivity contribution in [1.29, 1.82) is 0 Å². The molecule has 1 aromatic carbocycles. The number of hydrogen-bond donors (Lipinski definition) is 0. The zero-order valence-electron chi connectivity index (χ0n) is 15.8. The van der Waals surface area contributed by atoms with E-state index in [9.17, 15) is 0 Å². The SMILES string of the molecule is CC(C)(C)/C=[N+]1/COc2c1cc(C(C)(C)C)cc2C(C)(C)C. The standard InChI is InChI=1S/C20H32NO/c1-18(2,3)12-21-13-22-17-15(20(7,8)9)10-14(11-16(17)21)19(4,5)6/h10-12H,13H2,1-9H3/q+1/b21-12-. The Morgan fingerprint density at radius 1 is 0.909 bits per heavy atom. The van der Waals surface area contributed by atoms with Gasteiger partial charge in [0.2, 0.25) is 5.75 Å². The molecule has 0 saturated heterocycles. The van der Waals surface area contributed by atoms with Crippen LogP contribution in [0, 0.1) is 5.41 Å². The van der Waals surface area contributed by atoms with E-state index >= 15 is 0 Å².